The molecule has 8 nitrogen and oxygen atoms in total. The van der Waals surface area contributed by atoms with Crippen LogP contribution in [0.4, 0.5) is 5.69 Å². The van der Waals surface area contributed by atoms with Gasteiger partial charge in [0.2, 0.25) is 11.7 Å². The molecule has 1 fully saturated rings. The number of carbonyl (C=O) groups is 1. The number of anilines is 1. The topological polar surface area (TPSA) is 87.5 Å². The second-order valence-corrected chi connectivity index (χ2v) is 7.88. The van der Waals surface area contributed by atoms with Gasteiger partial charge in [0.05, 0.1) is 11.6 Å². The van der Waals surface area contributed by atoms with Crippen molar-refractivity contribution in [1.82, 2.24) is 14.8 Å². The van der Waals surface area contributed by atoms with Crippen LogP contribution in [0.1, 0.15) is 12.5 Å². The van der Waals surface area contributed by atoms with Crippen LogP contribution in [0.3, 0.4) is 0 Å². The van der Waals surface area contributed by atoms with Crippen LogP contribution in [-0.4, -0.2) is 40.0 Å². The molecule has 2 heterocycles. The Morgan fingerprint density at radius 3 is 2.77 bits per heavy atom. The number of ether oxygens (including phenoxy) is 3. The van der Waals surface area contributed by atoms with Crippen molar-refractivity contribution < 1.29 is 19.0 Å². The van der Waals surface area contributed by atoms with Crippen LogP contribution in [0.15, 0.2) is 55.1 Å². The zero-order valence-corrected chi connectivity index (χ0v) is 18.1. The van der Waals surface area contributed by atoms with E-state index in [4.69, 9.17) is 37.4 Å². The minimum Gasteiger partial charge on any atom is -0.491 e. The number of halogens is 2. The molecular formula is C21H20Cl2N4O4. The summed E-state index contributed by atoms with van der Waals surface area (Å²) in [5.41, 5.74) is 1.35. The lowest BCUT2D eigenvalue weighted by Gasteiger charge is -2.29. The average molecular weight is 463 g/mol. The van der Waals surface area contributed by atoms with Crippen molar-refractivity contribution in [1.29, 1.82) is 0 Å². The molecule has 1 aliphatic rings. The van der Waals surface area contributed by atoms with E-state index in [-0.39, 0.29) is 25.2 Å². The van der Waals surface area contributed by atoms with Gasteiger partial charge in [0, 0.05) is 23.2 Å². The van der Waals surface area contributed by atoms with Gasteiger partial charge in [-0.3, -0.25) is 4.79 Å². The highest BCUT2D eigenvalue weighted by Crippen LogP contribution is 2.40. The lowest BCUT2D eigenvalue weighted by atomic mass is 10.1. The summed E-state index contributed by atoms with van der Waals surface area (Å²) in [6.45, 7) is 2.29. The van der Waals surface area contributed by atoms with E-state index >= 15 is 0 Å². The Balaban J connectivity index is 1.47. The molecule has 1 saturated heterocycles. The largest absolute Gasteiger partial charge is 0.491 e. The van der Waals surface area contributed by atoms with Gasteiger partial charge in [-0.2, -0.15) is 5.10 Å². The molecule has 0 saturated carbocycles. The number of nitrogens with one attached hydrogen (secondary N) is 1. The summed E-state index contributed by atoms with van der Waals surface area (Å²) in [6.07, 6.45) is 2.68. The van der Waals surface area contributed by atoms with Gasteiger partial charge in [0.25, 0.3) is 0 Å². The number of nitrogens with zero attached hydrogens (tertiary/aromatic N) is 3. The maximum Gasteiger partial charge on any atom is 0.221 e. The third kappa shape index (κ3) is 5.16. The summed E-state index contributed by atoms with van der Waals surface area (Å²) in [7, 11) is 0. The Hall–Kier alpha value is -2.65. The molecule has 3 aromatic rings. The first-order chi connectivity index (χ1) is 14.9. The lowest BCUT2D eigenvalue weighted by molar-refractivity contribution is -0.190. The van der Waals surface area contributed by atoms with E-state index in [1.807, 2.05) is 0 Å². The van der Waals surface area contributed by atoms with E-state index in [2.05, 4.69) is 15.4 Å². The van der Waals surface area contributed by atoms with Gasteiger partial charge in [-0.1, -0.05) is 29.3 Å². The Bertz CT molecular complexity index is 1050. The molecule has 2 aromatic carbocycles. The second kappa shape index (κ2) is 9.23. The third-order valence-electron chi connectivity index (χ3n) is 4.65. The van der Waals surface area contributed by atoms with Crippen molar-refractivity contribution in [2.75, 3.05) is 18.5 Å². The average Bonchev–Trinajstić information content (AvgIpc) is 3.38. The van der Waals surface area contributed by atoms with Crippen molar-refractivity contribution in [3.05, 3.63) is 70.7 Å². The van der Waals surface area contributed by atoms with Crippen LogP contribution < -0.4 is 10.1 Å². The van der Waals surface area contributed by atoms with E-state index in [0.717, 1.165) is 0 Å². The number of benzene rings is 2. The van der Waals surface area contributed by atoms with Crippen LogP contribution in [0, 0.1) is 0 Å². The van der Waals surface area contributed by atoms with Crippen LogP contribution >= 0.6 is 23.2 Å². The van der Waals surface area contributed by atoms with Crippen molar-refractivity contribution >= 4 is 34.8 Å². The maximum atomic E-state index is 11.1. The van der Waals surface area contributed by atoms with E-state index in [1.54, 1.807) is 53.5 Å². The van der Waals surface area contributed by atoms with E-state index < -0.39 is 5.79 Å². The first-order valence-corrected chi connectivity index (χ1v) is 10.3. The third-order valence-corrected chi connectivity index (χ3v) is 5.20. The van der Waals surface area contributed by atoms with Gasteiger partial charge in [0.1, 0.15) is 37.7 Å². The Kier molecular flexibility index (Phi) is 6.43. The second-order valence-electron chi connectivity index (χ2n) is 7.04. The monoisotopic (exact) mass is 462 g/mol. The van der Waals surface area contributed by atoms with Crippen molar-refractivity contribution in [3.8, 4) is 5.75 Å². The van der Waals surface area contributed by atoms with Gasteiger partial charge < -0.3 is 19.5 Å². The maximum absolute atomic E-state index is 11.1. The minimum atomic E-state index is -1.15. The fourth-order valence-corrected chi connectivity index (χ4v) is 3.86. The molecule has 0 bridgehead atoms. The molecule has 4 rings (SSSR count). The molecule has 10 heteroatoms. The Labute approximate surface area is 189 Å². The number of hydrogen-bond acceptors (Lipinski definition) is 6. The first-order valence-electron chi connectivity index (χ1n) is 9.54. The van der Waals surface area contributed by atoms with Gasteiger partial charge >= 0.3 is 0 Å². The Morgan fingerprint density at radius 1 is 1.29 bits per heavy atom. The predicted molar refractivity (Wildman–Crippen MR) is 115 cm³/mol. The summed E-state index contributed by atoms with van der Waals surface area (Å²) in [5.74, 6) is -0.635. The van der Waals surface area contributed by atoms with E-state index in [1.165, 1.54) is 13.3 Å². The standard InChI is InChI=1S/C21H20Cl2N4O4/c1-14(28)26-16-3-5-17(6-4-16)29-9-18-10-30-21(31-18,11-27-13-24-12-25-27)19-7-2-15(22)8-20(19)23/h2-8,12-13,18H,9-11H2,1H3,(H,26,28). The van der Waals surface area contributed by atoms with E-state index in [0.29, 0.717) is 33.7 Å². The zero-order chi connectivity index (χ0) is 21.8. The number of rotatable bonds is 7. The van der Waals surface area contributed by atoms with Gasteiger partial charge in [-0.05, 0) is 36.4 Å². The van der Waals surface area contributed by atoms with Crippen LogP contribution in [0.2, 0.25) is 10.0 Å². The van der Waals surface area contributed by atoms with Crippen LogP contribution in [0.5, 0.6) is 5.75 Å². The molecule has 1 N–H and O–H groups in total. The lowest BCUT2D eigenvalue weighted by Crippen LogP contribution is -2.35. The molecule has 1 amide bonds. The smallest absolute Gasteiger partial charge is 0.221 e. The number of aromatic nitrogens is 3. The fourth-order valence-electron chi connectivity index (χ4n) is 3.31. The SMILES string of the molecule is CC(=O)Nc1ccc(OCC2COC(Cn3cncn3)(c3ccc(Cl)cc3Cl)O2)cc1. The molecule has 162 valence electrons. The fraction of sp³-hybridized carbons (Fsp3) is 0.286. The summed E-state index contributed by atoms with van der Waals surface area (Å²) < 4.78 is 19.9. The molecule has 1 aromatic heterocycles. The summed E-state index contributed by atoms with van der Waals surface area (Å²) in [4.78, 5) is 15.1. The first kappa shape index (κ1) is 21.6. The van der Waals surface area contributed by atoms with Crippen molar-refractivity contribution in [2.24, 2.45) is 0 Å². The quantitative estimate of drug-likeness (QED) is 0.572. The van der Waals surface area contributed by atoms with Crippen molar-refractivity contribution in [3.63, 3.8) is 0 Å². The molecule has 2 unspecified atom stereocenters. The molecule has 0 radical (unpaired) electrons. The normalized spacial score (nSPS) is 20.5. The van der Waals surface area contributed by atoms with Gasteiger partial charge in [0.15, 0.2) is 0 Å². The zero-order valence-electron chi connectivity index (χ0n) is 16.6. The summed E-state index contributed by atoms with van der Waals surface area (Å²) in [6, 6.07) is 12.3. The highest BCUT2D eigenvalue weighted by Gasteiger charge is 2.45. The highest BCUT2D eigenvalue weighted by atomic mass is 35.5. The highest BCUT2D eigenvalue weighted by molar-refractivity contribution is 6.35. The summed E-state index contributed by atoms with van der Waals surface area (Å²) >= 11 is 12.5. The molecular weight excluding hydrogens is 443 g/mol. The van der Waals surface area contributed by atoms with Crippen LogP contribution in [-0.2, 0) is 26.6 Å². The molecule has 0 aliphatic carbocycles. The van der Waals surface area contributed by atoms with Crippen molar-refractivity contribution in [2.45, 2.75) is 25.4 Å². The number of amides is 1. The molecule has 31 heavy (non-hydrogen) atoms. The molecule has 1 aliphatic heterocycles. The minimum absolute atomic E-state index is 0.130. The van der Waals surface area contributed by atoms with E-state index in [9.17, 15) is 4.79 Å². The predicted octanol–water partition coefficient (Wildman–Crippen LogP) is 3.89. The molecule has 2 atom stereocenters. The number of hydrogen-bond donors (Lipinski definition) is 1. The number of carbonyl (C=O) groups excluding carboxylic acids is 1. The summed E-state index contributed by atoms with van der Waals surface area (Å²) in [5, 5.41) is 7.83. The van der Waals surface area contributed by atoms with Gasteiger partial charge in [-0.25, -0.2) is 9.67 Å². The Morgan fingerprint density at radius 2 is 2.10 bits per heavy atom. The van der Waals surface area contributed by atoms with Crippen LogP contribution in [0.25, 0.3) is 0 Å². The molecule has 0 spiro atoms. The van der Waals surface area contributed by atoms with Gasteiger partial charge in [-0.15, -0.1) is 0 Å².